The first-order valence-electron chi connectivity index (χ1n) is 13.6. The maximum Gasteiger partial charge on any atom is 0.256 e. The van der Waals surface area contributed by atoms with Crippen LogP contribution in [0.25, 0.3) is 0 Å². The standard InChI is InChI=1S/C29H37FN4O2/c1-21-9-10-25(29(36)34-19-13-23(14-20-34)32-15-5-2-6-16-32)27(31-21)22-11-17-33(18-12-22)28(35)24-7-3-4-8-26(24)30/h3-4,7-10,22-23H,2,5-6,11-20H2,1H3. The van der Waals surface area contributed by atoms with Gasteiger partial charge < -0.3 is 14.7 Å². The van der Waals surface area contributed by atoms with Crippen molar-refractivity contribution in [2.45, 2.75) is 63.8 Å². The Hall–Kier alpha value is -2.80. The molecule has 0 atom stereocenters. The van der Waals surface area contributed by atoms with Gasteiger partial charge in [-0.3, -0.25) is 14.6 Å². The molecule has 0 aliphatic carbocycles. The summed E-state index contributed by atoms with van der Waals surface area (Å²) in [5.41, 5.74) is 2.58. The number of halogens is 1. The van der Waals surface area contributed by atoms with Gasteiger partial charge in [-0.25, -0.2) is 4.39 Å². The van der Waals surface area contributed by atoms with Crippen molar-refractivity contribution in [3.8, 4) is 0 Å². The molecule has 0 N–H and O–H groups in total. The summed E-state index contributed by atoms with van der Waals surface area (Å²) in [7, 11) is 0. The van der Waals surface area contributed by atoms with Gasteiger partial charge in [0.1, 0.15) is 5.82 Å². The van der Waals surface area contributed by atoms with Gasteiger partial charge in [0, 0.05) is 43.8 Å². The molecule has 0 saturated carbocycles. The predicted molar refractivity (Wildman–Crippen MR) is 138 cm³/mol. The summed E-state index contributed by atoms with van der Waals surface area (Å²) in [5, 5.41) is 0. The second-order valence-electron chi connectivity index (χ2n) is 10.6. The lowest BCUT2D eigenvalue weighted by molar-refractivity contribution is 0.0584. The van der Waals surface area contributed by atoms with Gasteiger partial charge in [-0.15, -0.1) is 0 Å². The first-order valence-corrected chi connectivity index (χ1v) is 13.6. The average molecular weight is 493 g/mol. The Balaban J connectivity index is 1.24. The van der Waals surface area contributed by atoms with Crippen LogP contribution in [0.1, 0.15) is 83.0 Å². The highest BCUT2D eigenvalue weighted by Gasteiger charge is 2.32. The van der Waals surface area contributed by atoms with E-state index in [9.17, 15) is 14.0 Å². The van der Waals surface area contributed by atoms with E-state index in [1.54, 1.807) is 17.0 Å². The summed E-state index contributed by atoms with van der Waals surface area (Å²) < 4.78 is 14.1. The van der Waals surface area contributed by atoms with Crippen LogP contribution >= 0.6 is 0 Å². The number of rotatable bonds is 4. The summed E-state index contributed by atoms with van der Waals surface area (Å²) in [6, 6.07) is 10.6. The Morgan fingerprint density at radius 2 is 1.39 bits per heavy atom. The second kappa shape index (κ2) is 11.1. The molecular formula is C29H37FN4O2. The molecule has 3 aliphatic heterocycles. The van der Waals surface area contributed by atoms with E-state index in [0.29, 0.717) is 37.5 Å². The van der Waals surface area contributed by atoms with E-state index < -0.39 is 5.82 Å². The summed E-state index contributed by atoms with van der Waals surface area (Å²) in [4.78, 5) is 37.6. The molecule has 1 aromatic heterocycles. The van der Waals surface area contributed by atoms with Gasteiger partial charge in [-0.2, -0.15) is 0 Å². The van der Waals surface area contributed by atoms with Crippen molar-refractivity contribution >= 4 is 11.8 Å². The van der Waals surface area contributed by atoms with Gasteiger partial charge >= 0.3 is 0 Å². The lowest BCUT2D eigenvalue weighted by atomic mass is 9.89. The maximum absolute atomic E-state index is 14.1. The molecule has 6 nitrogen and oxygen atoms in total. The smallest absolute Gasteiger partial charge is 0.256 e. The molecule has 0 bridgehead atoms. The molecule has 3 saturated heterocycles. The topological polar surface area (TPSA) is 56.8 Å². The monoisotopic (exact) mass is 492 g/mol. The lowest BCUT2D eigenvalue weighted by Gasteiger charge is -2.40. The fraction of sp³-hybridized carbons (Fsp3) is 0.552. The first-order chi connectivity index (χ1) is 17.5. The number of amides is 2. The Morgan fingerprint density at radius 3 is 2.06 bits per heavy atom. The van der Waals surface area contributed by atoms with Gasteiger partial charge in [-0.05, 0) is 82.8 Å². The zero-order valence-corrected chi connectivity index (χ0v) is 21.3. The van der Waals surface area contributed by atoms with Gasteiger partial charge in [0.05, 0.1) is 16.8 Å². The van der Waals surface area contributed by atoms with Crippen molar-refractivity contribution in [3.63, 3.8) is 0 Å². The van der Waals surface area contributed by atoms with Crippen LogP contribution in [0.4, 0.5) is 4.39 Å². The lowest BCUT2D eigenvalue weighted by Crippen LogP contribution is -2.48. The summed E-state index contributed by atoms with van der Waals surface area (Å²) in [6.45, 7) is 7.00. The minimum Gasteiger partial charge on any atom is -0.339 e. The van der Waals surface area contributed by atoms with Crippen LogP contribution in [0.2, 0.25) is 0 Å². The zero-order chi connectivity index (χ0) is 25.1. The Kier molecular flexibility index (Phi) is 7.65. The number of nitrogens with zero attached hydrogens (tertiary/aromatic N) is 4. The third-order valence-electron chi connectivity index (χ3n) is 8.23. The third-order valence-corrected chi connectivity index (χ3v) is 8.23. The van der Waals surface area contributed by atoms with Gasteiger partial charge in [0.15, 0.2) is 0 Å². The number of carbonyl (C=O) groups is 2. The highest BCUT2D eigenvalue weighted by atomic mass is 19.1. The first kappa shape index (κ1) is 24.9. The number of aryl methyl sites for hydroxylation is 1. The fourth-order valence-corrected chi connectivity index (χ4v) is 6.12. The molecule has 0 radical (unpaired) electrons. The van der Waals surface area contributed by atoms with E-state index in [1.165, 1.54) is 44.5 Å². The van der Waals surface area contributed by atoms with E-state index in [-0.39, 0.29) is 23.3 Å². The number of piperidine rings is 3. The predicted octanol–water partition coefficient (Wildman–Crippen LogP) is 4.64. The molecule has 1 aromatic carbocycles. The van der Waals surface area contributed by atoms with Crippen LogP contribution in [-0.2, 0) is 0 Å². The Bertz CT molecular complexity index is 1080. The number of hydrogen-bond acceptors (Lipinski definition) is 4. The quantitative estimate of drug-likeness (QED) is 0.624. The minimum atomic E-state index is -0.484. The molecule has 0 spiro atoms. The molecule has 3 fully saturated rings. The molecule has 3 aliphatic rings. The zero-order valence-electron chi connectivity index (χ0n) is 21.3. The molecule has 5 rings (SSSR count). The van der Waals surface area contributed by atoms with Crippen molar-refractivity contribution in [2.75, 3.05) is 39.3 Å². The number of pyridine rings is 1. The Labute approximate surface area is 213 Å². The molecule has 2 amide bonds. The van der Waals surface area contributed by atoms with E-state index in [2.05, 4.69) is 4.90 Å². The molecule has 4 heterocycles. The van der Waals surface area contributed by atoms with E-state index >= 15 is 0 Å². The molecule has 2 aromatic rings. The average Bonchev–Trinajstić information content (AvgIpc) is 2.93. The second-order valence-corrected chi connectivity index (χ2v) is 10.6. The molecule has 7 heteroatoms. The number of aromatic nitrogens is 1. The summed E-state index contributed by atoms with van der Waals surface area (Å²) in [5.74, 6) is -0.558. The fourth-order valence-electron chi connectivity index (χ4n) is 6.12. The number of hydrogen-bond donors (Lipinski definition) is 0. The number of carbonyl (C=O) groups excluding carboxylic acids is 2. The normalized spacial score (nSPS) is 20.5. The van der Waals surface area contributed by atoms with Crippen LogP contribution in [0, 0.1) is 12.7 Å². The third kappa shape index (κ3) is 5.31. The number of benzene rings is 1. The van der Waals surface area contributed by atoms with Crippen LogP contribution in [0.15, 0.2) is 36.4 Å². The largest absolute Gasteiger partial charge is 0.339 e. The van der Waals surface area contributed by atoms with E-state index in [4.69, 9.17) is 4.98 Å². The molecular weight excluding hydrogens is 455 g/mol. The van der Waals surface area contributed by atoms with Crippen molar-refractivity contribution in [1.82, 2.24) is 19.7 Å². The van der Waals surface area contributed by atoms with Gasteiger partial charge in [-0.1, -0.05) is 18.6 Å². The summed E-state index contributed by atoms with van der Waals surface area (Å²) >= 11 is 0. The SMILES string of the molecule is Cc1ccc(C(=O)N2CCC(N3CCCCC3)CC2)c(C2CCN(C(=O)c3ccccc3F)CC2)n1. The minimum absolute atomic E-state index is 0.0828. The van der Waals surface area contributed by atoms with E-state index in [1.807, 2.05) is 24.0 Å². The Morgan fingerprint density at radius 1 is 0.778 bits per heavy atom. The van der Waals surface area contributed by atoms with Crippen LogP contribution < -0.4 is 0 Å². The van der Waals surface area contributed by atoms with Crippen LogP contribution in [0.5, 0.6) is 0 Å². The van der Waals surface area contributed by atoms with Crippen molar-refractivity contribution in [2.24, 2.45) is 0 Å². The van der Waals surface area contributed by atoms with Crippen molar-refractivity contribution < 1.29 is 14.0 Å². The summed E-state index contributed by atoms with van der Waals surface area (Å²) in [6.07, 6.45) is 7.44. The van der Waals surface area contributed by atoms with Gasteiger partial charge in [0.2, 0.25) is 0 Å². The van der Waals surface area contributed by atoms with Crippen LogP contribution in [-0.4, -0.2) is 76.8 Å². The highest BCUT2D eigenvalue weighted by molar-refractivity contribution is 5.96. The maximum atomic E-state index is 14.1. The van der Waals surface area contributed by atoms with Crippen molar-refractivity contribution in [1.29, 1.82) is 0 Å². The van der Waals surface area contributed by atoms with Gasteiger partial charge in [0.25, 0.3) is 11.8 Å². The molecule has 192 valence electrons. The van der Waals surface area contributed by atoms with Crippen molar-refractivity contribution in [3.05, 3.63) is 64.7 Å². The van der Waals surface area contributed by atoms with E-state index in [0.717, 1.165) is 37.3 Å². The highest BCUT2D eigenvalue weighted by Crippen LogP contribution is 2.31. The molecule has 36 heavy (non-hydrogen) atoms. The van der Waals surface area contributed by atoms with Crippen LogP contribution in [0.3, 0.4) is 0 Å². The molecule has 0 unspecified atom stereocenters. The number of likely N-dealkylation sites (tertiary alicyclic amines) is 3.